The number of aromatic carboxylic acids is 1. The number of allylic oxidation sites excluding steroid dienone is 1. The SMILES string of the molecule is COCCOC(=O)C1=C(C)N(c2ccc(C(=O)O)cc2)C(=O)NC1c1cccc(Br)c1. The Kier molecular flexibility index (Phi) is 7.09. The van der Waals surface area contributed by atoms with Gasteiger partial charge in [0, 0.05) is 17.3 Å². The van der Waals surface area contributed by atoms with Crippen LogP contribution in [0.5, 0.6) is 0 Å². The molecule has 0 fully saturated rings. The zero-order valence-electron chi connectivity index (χ0n) is 16.9. The molecule has 0 aromatic heterocycles. The number of urea groups is 1. The lowest BCUT2D eigenvalue weighted by atomic mass is 9.94. The summed E-state index contributed by atoms with van der Waals surface area (Å²) in [6, 6.07) is 11.9. The van der Waals surface area contributed by atoms with Gasteiger partial charge in [-0.05, 0) is 48.9 Å². The zero-order valence-corrected chi connectivity index (χ0v) is 18.5. The Labute approximate surface area is 187 Å². The van der Waals surface area contributed by atoms with Gasteiger partial charge in [0.2, 0.25) is 0 Å². The van der Waals surface area contributed by atoms with Crippen molar-refractivity contribution in [3.63, 3.8) is 0 Å². The lowest BCUT2D eigenvalue weighted by Crippen LogP contribution is -2.48. The standard InChI is InChI=1S/C22H21BrN2O6/c1-13-18(21(28)31-11-10-30-2)19(15-4-3-5-16(23)12-15)24-22(29)25(13)17-8-6-14(7-9-17)20(26)27/h3-9,12,19H,10-11H2,1-2H3,(H,24,29)(H,26,27). The first-order valence-corrected chi connectivity index (χ1v) is 10.2. The van der Waals surface area contributed by atoms with Crippen LogP contribution in [0.15, 0.2) is 64.3 Å². The number of ether oxygens (including phenoxy) is 2. The summed E-state index contributed by atoms with van der Waals surface area (Å²) in [5.41, 5.74) is 1.89. The van der Waals surface area contributed by atoms with Crippen molar-refractivity contribution in [2.75, 3.05) is 25.2 Å². The second kappa shape index (κ2) is 9.76. The average molecular weight is 489 g/mol. The molecule has 31 heavy (non-hydrogen) atoms. The highest BCUT2D eigenvalue weighted by molar-refractivity contribution is 9.10. The Bertz CT molecular complexity index is 1030. The molecule has 1 aliphatic rings. The molecule has 0 spiro atoms. The molecule has 1 atom stereocenters. The Balaban J connectivity index is 2.06. The number of carbonyl (C=O) groups excluding carboxylic acids is 2. The first-order valence-electron chi connectivity index (χ1n) is 9.39. The van der Waals surface area contributed by atoms with Gasteiger partial charge in [0.1, 0.15) is 6.61 Å². The summed E-state index contributed by atoms with van der Waals surface area (Å²) in [4.78, 5) is 38.4. The summed E-state index contributed by atoms with van der Waals surface area (Å²) in [5.74, 6) is -1.65. The molecule has 0 bridgehead atoms. The lowest BCUT2D eigenvalue weighted by molar-refractivity contribution is -0.140. The highest BCUT2D eigenvalue weighted by Gasteiger charge is 2.37. The maximum atomic E-state index is 13.0. The molecule has 2 amide bonds. The Morgan fingerprint density at radius 3 is 2.48 bits per heavy atom. The van der Waals surface area contributed by atoms with Crippen LogP contribution in [-0.2, 0) is 14.3 Å². The largest absolute Gasteiger partial charge is 0.478 e. The van der Waals surface area contributed by atoms with Gasteiger partial charge in [0.05, 0.1) is 29.5 Å². The molecule has 2 aromatic rings. The highest BCUT2D eigenvalue weighted by Crippen LogP contribution is 2.35. The number of carbonyl (C=O) groups is 3. The fourth-order valence-corrected chi connectivity index (χ4v) is 3.72. The van der Waals surface area contributed by atoms with Gasteiger partial charge in [-0.2, -0.15) is 0 Å². The fraction of sp³-hybridized carbons (Fsp3) is 0.227. The lowest BCUT2D eigenvalue weighted by Gasteiger charge is -2.35. The van der Waals surface area contributed by atoms with Gasteiger partial charge in [-0.1, -0.05) is 28.1 Å². The third-order valence-electron chi connectivity index (χ3n) is 4.78. The summed E-state index contributed by atoms with van der Waals surface area (Å²) in [6.45, 7) is 1.96. The molecular weight excluding hydrogens is 468 g/mol. The second-order valence-electron chi connectivity index (χ2n) is 6.75. The normalized spacial score (nSPS) is 16.2. The minimum absolute atomic E-state index is 0.0680. The highest BCUT2D eigenvalue weighted by atomic mass is 79.9. The Morgan fingerprint density at radius 1 is 1.16 bits per heavy atom. The van der Waals surface area contributed by atoms with Crippen LogP contribution < -0.4 is 10.2 Å². The van der Waals surface area contributed by atoms with Crippen LogP contribution in [0.2, 0.25) is 0 Å². The summed E-state index contributed by atoms with van der Waals surface area (Å²) in [7, 11) is 1.51. The van der Waals surface area contributed by atoms with Crippen molar-refractivity contribution in [1.82, 2.24) is 5.32 Å². The average Bonchev–Trinajstić information content (AvgIpc) is 2.73. The number of carboxylic acids is 1. The molecule has 1 heterocycles. The van der Waals surface area contributed by atoms with Crippen LogP contribution in [0.1, 0.15) is 28.9 Å². The van der Waals surface area contributed by atoms with Crippen LogP contribution in [0.25, 0.3) is 0 Å². The molecule has 2 N–H and O–H groups in total. The number of esters is 1. The molecule has 1 aliphatic heterocycles. The topological polar surface area (TPSA) is 105 Å². The van der Waals surface area contributed by atoms with Crippen molar-refractivity contribution in [1.29, 1.82) is 0 Å². The Morgan fingerprint density at radius 2 is 1.87 bits per heavy atom. The first-order chi connectivity index (χ1) is 14.8. The van der Waals surface area contributed by atoms with Gasteiger partial charge in [0.15, 0.2) is 0 Å². The van der Waals surface area contributed by atoms with Crippen molar-refractivity contribution < 1.29 is 29.0 Å². The number of halogens is 1. The number of hydrogen-bond acceptors (Lipinski definition) is 5. The van der Waals surface area contributed by atoms with Crippen LogP contribution in [0, 0.1) is 0 Å². The molecule has 9 heteroatoms. The van der Waals surface area contributed by atoms with Crippen LogP contribution in [0.3, 0.4) is 0 Å². The van der Waals surface area contributed by atoms with E-state index in [1.165, 1.54) is 36.3 Å². The van der Waals surface area contributed by atoms with Crippen molar-refractivity contribution in [2.45, 2.75) is 13.0 Å². The van der Waals surface area contributed by atoms with E-state index < -0.39 is 24.0 Å². The van der Waals surface area contributed by atoms with Crippen molar-refractivity contribution in [2.24, 2.45) is 0 Å². The molecule has 1 unspecified atom stereocenters. The van der Waals surface area contributed by atoms with Gasteiger partial charge < -0.3 is 19.9 Å². The number of hydrogen-bond donors (Lipinski definition) is 2. The monoisotopic (exact) mass is 488 g/mol. The van der Waals surface area contributed by atoms with Gasteiger partial charge in [0.25, 0.3) is 0 Å². The molecule has 2 aromatic carbocycles. The number of benzene rings is 2. The molecule has 0 saturated carbocycles. The van der Waals surface area contributed by atoms with E-state index in [1.54, 1.807) is 6.92 Å². The van der Waals surface area contributed by atoms with Gasteiger partial charge in [-0.25, -0.2) is 14.4 Å². The van der Waals surface area contributed by atoms with E-state index in [4.69, 9.17) is 14.6 Å². The summed E-state index contributed by atoms with van der Waals surface area (Å²) >= 11 is 3.41. The molecule has 8 nitrogen and oxygen atoms in total. The smallest absolute Gasteiger partial charge is 0.338 e. The third-order valence-corrected chi connectivity index (χ3v) is 5.27. The van der Waals surface area contributed by atoms with E-state index in [0.717, 1.165) is 4.47 Å². The van der Waals surface area contributed by atoms with E-state index in [9.17, 15) is 14.4 Å². The maximum absolute atomic E-state index is 13.0. The summed E-state index contributed by atoms with van der Waals surface area (Å²) < 4.78 is 11.1. The number of methoxy groups -OCH3 is 1. The van der Waals surface area contributed by atoms with Crippen LogP contribution in [0.4, 0.5) is 10.5 Å². The minimum atomic E-state index is -1.07. The van der Waals surface area contributed by atoms with Crippen LogP contribution in [-0.4, -0.2) is 43.4 Å². The van der Waals surface area contributed by atoms with Gasteiger partial charge in [-0.3, -0.25) is 4.90 Å². The zero-order chi connectivity index (χ0) is 22.5. The first kappa shape index (κ1) is 22.5. The maximum Gasteiger partial charge on any atom is 0.338 e. The minimum Gasteiger partial charge on any atom is -0.478 e. The second-order valence-corrected chi connectivity index (χ2v) is 7.67. The number of carboxylic acid groups (broad SMARTS) is 1. The number of rotatable bonds is 7. The quantitative estimate of drug-likeness (QED) is 0.452. The number of amides is 2. The predicted molar refractivity (Wildman–Crippen MR) is 117 cm³/mol. The number of anilines is 1. The molecule has 0 saturated heterocycles. The van der Waals surface area contributed by atoms with E-state index in [0.29, 0.717) is 16.9 Å². The van der Waals surface area contributed by atoms with Gasteiger partial charge in [-0.15, -0.1) is 0 Å². The third kappa shape index (κ3) is 4.95. The molecule has 0 radical (unpaired) electrons. The van der Waals surface area contributed by atoms with Crippen molar-refractivity contribution in [3.8, 4) is 0 Å². The van der Waals surface area contributed by atoms with E-state index in [-0.39, 0.29) is 24.4 Å². The number of nitrogens with zero attached hydrogens (tertiary/aromatic N) is 1. The summed E-state index contributed by atoms with van der Waals surface area (Å²) in [6.07, 6.45) is 0. The molecular formula is C22H21BrN2O6. The van der Waals surface area contributed by atoms with E-state index in [1.807, 2.05) is 24.3 Å². The molecule has 162 valence electrons. The van der Waals surface area contributed by atoms with E-state index >= 15 is 0 Å². The molecule has 3 rings (SSSR count). The van der Waals surface area contributed by atoms with Crippen molar-refractivity contribution in [3.05, 3.63) is 75.4 Å². The molecule has 0 aliphatic carbocycles. The fourth-order valence-electron chi connectivity index (χ4n) is 3.30. The summed E-state index contributed by atoms with van der Waals surface area (Å²) in [5, 5.41) is 12.0. The van der Waals surface area contributed by atoms with E-state index in [2.05, 4.69) is 21.2 Å². The Hall–Kier alpha value is -3.17. The number of nitrogens with one attached hydrogen (secondary N) is 1. The van der Waals surface area contributed by atoms with Gasteiger partial charge >= 0.3 is 18.0 Å². The van der Waals surface area contributed by atoms with Crippen LogP contribution >= 0.6 is 15.9 Å². The van der Waals surface area contributed by atoms with Crippen molar-refractivity contribution >= 4 is 39.6 Å². The predicted octanol–water partition coefficient (Wildman–Crippen LogP) is 3.88.